The number of carboxylic acids is 1. The van der Waals surface area contributed by atoms with E-state index in [1.807, 2.05) is 0 Å². The van der Waals surface area contributed by atoms with E-state index in [2.05, 4.69) is 10.5 Å². The molecule has 0 amide bonds. The zero-order valence-corrected chi connectivity index (χ0v) is 8.88. The second-order valence-corrected chi connectivity index (χ2v) is 3.26. The van der Waals surface area contributed by atoms with Crippen molar-refractivity contribution >= 4 is 28.4 Å². The Morgan fingerprint density at radius 2 is 2.06 bits per heavy atom. The number of hydrazone groups is 1. The first-order chi connectivity index (χ1) is 7.80. The lowest BCUT2D eigenvalue weighted by Gasteiger charge is -2.07. The van der Waals surface area contributed by atoms with Crippen LogP contribution in [0.3, 0.4) is 0 Å². The minimum Gasteiger partial charge on any atom is -0.476 e. The molecule has 0 spiro atoms. The predicted octanol–water partition coefficient (Wildman–Crippen LogP) is 2.75. The molecule has 0 saturated carbocycles. The summed E-state index contributed by atoms with van der Waals surface area (Å²) in [5.41, 5.74) is 1.23. The van der Waals surface area contributed by atoms with Crippen LogP contribution in [0.15, 0.2) is 29.4 Å². The lowest BCUT2D eigenvalue weighted by molar-refractivity contribution is -0.137. The molecule has 17 heavy (non-hydrogen) atoms. The van der Waals surface area contributed by atoms with Crippen molar-refractivity contribution in [2.75, 3.05) is 5.43 Å². The molecule has 0 aromatic heterocycles. The second-order valence-electron chi connectivity index (χ2n) is 2.90. The van der Waals surface area contributed by atoms with Gasteiger partial charge in [0.1, 0.15) is 0 Å². The summed E-state index contributed by atoms with van der Waals surface area (Å²) in [6.07, 6.45) is -4.47. The van der Waals surface area contributed by atoms with Gasteiger partial charge in [0.2, 0.25) is 5.17 Å². The molecule has 2 N–H and O–H groups in total. The lowest BCUT2D eigenvalue weighted by atomic mass is 10.2. The highest BCUT2D eigenvalue weighted by molar-refractivity contribution is 6.81. The fourth-order valence-electron chi connectivity index (χ4n) is 0.927. The lowest BCUT2D eigenvalue weighted by Crippen LogP contribution is -2.08. The van der Waals surface area contributed by atoms with Crippen LogP contribution in [0.1, 0.15) is 5.56 Å². The third-order valence-electron chi connectivity index (χ3n) is 1.65. The van der Waals surface area contributed by atoms with E-state index in [9.17, 15) is 18.0 Å². The van der Waals surface area contributed by atoms with E-state index in [1.54, 1.807) is 0 Å². The molecular formula is C9H6ClF3N2O2. The highest BCUT2D eigenvalue weighted by Crippen LogP contribution is 2.30. The predicted molar refractivity (Wildman–Crippen MR) is 56.0 cm³/mol. The van der Waals surface area contributed by atoms with Crippen molar-refractivity contribution in [3.05, 3.63) is 29.8 Å². The molecule has 0 heterocycles. The molecule has 0 radical (unpaired) electrons. The first-order valence-electron chi connectivity index (χ1n) is 4.20. The summed E-state index contributed by atoms with van der Waals surface area (Å²) < 4.78 is 36.9. The summed E-state index contributed by atoms with van der Waals surface area (Å²) in [6.45, 7) is 0. The maximum Gasteiger partial charge on any atom is 0.416 e. The maximum atomic E-state index is 12.3. The highest BCUT2D eigenvalue weighted by Gasteiger charge is 2.30. The molecule has 1 aromatic carbocycles. The quantitative estimate of drug-likeness (QED) is 0.653. The number of anilines is 1. The van der Waals surface area contributed by atoms with E-state index >= 15 is 0 Å². The SMILES string of the molecule is O=C(O)/C(Cl)=N/Nc1cccc(C(F)(F)F)c1. The van der Waals surface area contributed by atoms with Crippen LogP contribution in [-0.2, 0) is 11.0 Å². The van der Waals surface area contributed by atoms with Gasteiger partial charge in [-0.1, -0.05) is 17.7 Å². The number of rotatable bonds is 3. The van der Waals surface area contributed by atoms with E-state index in [0.29, 0.717) is 0 Å². The van der Waals surface area contributed by atoms with Crippen LogP contribution in [0.25, 0.3) is 0 Å². The third-order valence-corrected chi connectivity index (χ3v) is 1.90. The Kier molecular flexibility index (Phi) is 3.95. The summed E-state index contributed by atoms with van der Waals surface area (Å²) in [7, 11) is 0. The average molecular weight is 267 g/mol. The van der Waals surface area contributed by atoms with Gasteiger partial charge >= 0.3 is 12.1 Å². The standard InChI is InChI=1S/C9H6ClF3N2O2/c10-7(8(16)17)15-14-6-3-1-2-5(4-6)9(11,12)13/h1-4,14H,(H,16,17)/b15-7-. The minimum atomic E-state index is -4.47. The van der Waals surface area contributed by atoms with Gasteiger partial charge in [-0.2, -0.15) is 18.3 Å². The van der Waals surface area contributed by atoms with Crippen molar-refractivity contribution in [2.24, 2.45) is 5.10 Å². The van der Waals surface area contributed by atoms with Gasteiger partial charge in [0, 0.05) is 0 Å². The summed E-state index contributed by atoms with van der Waals surface area (Å²) in [4.78, 5) is 10.3. The Labute approximate surface area is 98.7 Å². The Morgan fingerprint density at radius 1 is 1.41 bits per heavy atom. The summed E-state index contributed by atoms with van der Waals surface area (Å²) >= 11 is 5.16. The van der Waals surface area contributed by atoms with Gasteiger partial charge in [-0.05, 0) is 18.2 Å². The van der Waals surface area contributed by atoms with Crippen LogP contribution in [0.5, 0.6) is 0 Å². The average Bonchev–Trinajstić information content (AvgIpc) is 2.25. The summed E-state index contributed by atoms with van der Waals surface area (Å²) in [6, 6.07) is 4.13. The number of nitrogens with zero attached hydrogens (tertiary/aromatic N) is 1. The topological polar surface area (TPSA) is 61.7 Å². The van der Waals surface area contributed by atoms with Crippen LogP contribution >= 0.6 is 11.6 Å². The smallest absolute Gasteiger partial charge is 0.416 e. The van der Waals surface area contributed by atoms with Gasteiger partial charge < -0.3 is 5.11 Å². The van der Waals surface area contributed by atoms with Gasteiger partial charge in [0.15, 0.2) is 0 Å². The molecule has 0 aliphatic carbocycles. The maximum absolute atomic E-state index is 12.3. The minimum absolute atomic E-state index is 0.0146. The molecule has 0 fully saturated rings. The molecule has 1 aromatic rings. The molecule has 0 saturated heterocycles. The van der Waals surface area contributed by atoms with Crippen molar-refractivity contribution in [2.45, 2.75) is 6.18 Å². The molecule has 92 valence electrons. The van der Waals surface area contributed by atoms with E-state index in [0.717, 1.165) is 18.2 Å². The van der Waals surface area contributed by atoms with Crippen molar-refractivity contribution in [1.82, 2.24) is 0 Å². The molecule has 0 unspecified atom stereocenters. The zero-order chi connectivity index (χ0) is 13.1. The van der Waals surface area contributed by atoms with Gasteiger partial charge in [-0.15, -0.1) is 0 Å². The Hall–Kier alpha value is -1.76. The van der Waals surface area contributed by atoms with E-state index < -0.39 is 22.9 Å². The number of alkyl halides is 3. The Bertz CT molecular complexity index is 460. The Balaban J connectivity index is 2.87. The number of hydrogen-bond acceptors (Lipinski definition) is 3. The number of nitrogens with one attached hydrogen (secondary N) is 1. The van der Waals surface area contributed by atoms with Crippen LogP contribution in [0.4, 0.5) is 18.9 Å². The van der Waals surface area contributed by atoms with Gasteiger partial charge in [0.05, 0.1) is 11.3 Å². The molecule has 0 atom stereocenters. The van der Waals surface area contributed by atoms with Crippen molar-refractivity contribution in [3.8, 4) is 0 Å². The van der Waals surface area contributed by atoms with Crippen LogP contribution in [0.2, 0.25) is 0 Å². The third kappa shape index (κ3) is 3.95. The largest absolute Gasteiger partial charge is 0.476 e. The first kappa shape index (κ1) is 13.3. The van der Waals surface area contributed by atoms with Crippen molar-refractivity contribution in [3.63, 3.8) is 0 Å². The fraction of sp³-hybridized carbons (Fsp3) is 0.111. The fourth-order valence-corrected chi connectivity index (χ4v) is 0.969. The summed E-state index contributed by atoms with van der Waals surface area (Å²) in [5.74, 6) is -1.48. The molecular weight excluding hydrogens is 261 g/mol. The molecule has 4 nitrogen and oxygen atoms in total. The van der Waals surface area contributed by atoms with Gasteiger partial charge in [-0.3, -0.25) is 5.43 Å². The van der Waals surface area contributed by atoms with E-state index in [-0.39, 0.29) is 5.69 Å². The van der Waals surface area contributed by atoms with Crippen LogP contribution in [-0.4, -0.2) is 16.2 Å². The number of carbonyl (C=O) groups is 1. The van der Waals surface area contributed by atoms with Crippen molar-refractivity contribution < 1.29 is 23.1 Å². The molecule has 0 bridgehead atoms. The number of halogens is 4. The monoisotopic (exact) mass is 266 g/mol. The van der Waals surface area contributed by atoms with Crippen molar-refractivity contribution in [1.29, 1.82) is 0 Å². The molecule has 8 heteroatoms. The molecule has 0 aliphatic rings. The normalized spacial score (nSPS) is 12.4. The zero-order valence-electron chi connectivity index (χ0n) is 8.12. The number of carboxylic acid groups (broad SMARTS) is 1. The molecule has 0 aliphatic heterocycles. The summed E-state index contributed by atoms with van der Waals surface area (Å²) in [5, 5.41) is 10.8. The molecule has 1 rings (SSSR count). The second kappa shape index (κ2) is 5.05. The number of hydrogen-bond donors (Lipinski definition) is 2. The number of aliphatic carboxylic acids is 1. The number of benzene rings is 1. The van der Waals surface area contributed by atoms with Gasteiger partial charge in [-0.25, -0.2) is 4.79 Å². The highest BCUT2D eigenvalue weighted by atomic mass is 35.5. The van der Waals surface area contributed by atoms with Crippen LogP contribution in [0, 0.1) is 0 Å². The van der Waals surface area contributed by atoms with Crippen LogP contribution < -0.4 is 5.43 Å². The van der Waals surface area contributed by atoms with Gasteiger partial charge in [0.25, 0.3) is 0 Å². The van der Waals surface area contributed by atoms with E-state index in [4.69, 9.17) is 16.7 Å². The first-order valence-corrected chi connectivity index (χ1v) is 4.58. The Morgan fingerprint density at radius 3 is 2.59 bits per heavy atom. The van der Waals surface area contributed by atoms with E-state index in [1.165, 1.54) is 6.07 Å².